The molecular weight excluding hydrogens is 1210 g/mol. The molecule has 0 aromatic carbocycles. The van der Waals surface area contributed by atoms with Crippen LogP contribution in [0.4, 0.5) is 0 Å². The molecule has 6 atom stereocenters. The first kappa shape index (κ1) is 90.1. The third-order valence-electron chi connectivity index (χ3n) is 17.4. The molecule has 0 saturated carbocycles. The van der Waals surface area contributed by atoms with Crippen molar-refractivity contribution in [2.45, 2.75) is 400 Å². The molecule has 3 N–H and O–H groups in total. The van der Waals surface area contributed by atoms with Crippen molar-refractivity contribution in [2.24, 2.45) is 5.92 Å². The molecule has 0 heterocycles. The van der Waals surface area contributed by atoms with Crippen LogP contribution in [0.1, 0.15) is 381 Å². The number of ether oxygens (including phenoxy) is 4. The normalized spacial score (nSPS) is 14.3. The van der Waals surface area contributed by atoms with E-state index in [1.807, 2.05) is 0 Å². The smallest absolute Gasteiger partial charge is 0.462 e. The number of phosphoric acid groups is 2. The van der Waals surface area contributed by atoms with E-state index in [0.29, 0.717) is 25.7 Å². The lowest BCUT2D eigenvalue weighted by molar-refractivity contribution is -0.161. The number of phosphoric ester groups is 2. The summed E-state index contributed by atoms with van der Waals surface area (Å²) < 4.78 is 68.3. The lowest BCUT2D eigenvalue weighted by Crippen LogP contribution is -2.30. The molecule has 546 valence electrons. The molecule has 0 radical (unpaired) electrons. The fourth-order valence-corrected chi connectivity index (χ4v) is 12.7. The van der Waals surface area contributed by atoms with E-state index in [4.69, 9.17) is 37.0 Å². The van der Waals surface area contributed by atoms with Crippen LogP contribution >= 0.6 is 15.6 Å². The van der Waals surface area contributed by atoms with E-state index >= 15 is 0 Å². The Kier molecular flexibility index (Phi) is 64.9. The lowest BCUT2D eigenvalue weighted by Gasteiger charge is -2.21. The second kappa shape index (κ2) is 66.3. The van der Waals surface area contributed by atoms with Crippen LogP contribution in [-0.2, 0) is 65.4 Å². The molecule has 0 aliphatic rings. The summed E-state index contributed by atoms with van der Waals surface area (Å²) in [5.74, 6) is -1.35. The summed E-state index contributed by atoms with van der Waals surface area (Å²) in [7, 11) is -9.90. The van der Waals surface area contributed by atoms with E-state index < -0.39 is 97.5 Å². The van der Waals surface area contributed by atoms with Gasteiger partial charge in [0.05, 0.1) is 26.4 Å². The second-order valence-corrected chi connectivity index (χ2v) is 29.5. The molecule has 92 heavy (non-hydrogen) atoms. The first-order chi connectivity index (χ1) is 44.6. The molecule has 0 aromatic rings. The number of carbonyl (C=O) groups is 4. The number of hydrogen-bond donors (Lipinski definition) is 3. The zero-order valence-electron chi connectivity index (χ0n) is 59.7. The van der Waals surface area contributed by atoms with Crippen LogP contribution in [0, 0.1) is 5.92 Å². The van der Waals surface area contributed by atoms with Gasteiger partial charge in [-0.05, 0) is 31.6 Å². The van der Waals surface area contributed by atoms with Crippen LogP contribution in [0.3, 0.4) is 0 Å². The van der Waals surface area contributed by atoms with E-state index in [0.717, 1.165) is 95.8 Å². The predicted octanol–water partition coefficient (Wildman–Crippen LogP) is 21.3. The Balaban J connectivity index is 5.13. The number of rotatable bonds is 73. The minimum atomic E-state index is -4.95. The van der Waals surface area contributed by atoms with Crippen molar-refractivity contribution in [2.75, 3.05) is 39.6 Å². The quantitative estimate of drug-likeness (QED) is 0.0222. The van der Waals surface area contributed by atoms with Gasteiger partial charge in [-0.3, -0.25) is 37.3 Å². The average Bonchev–Trinajstić information content (AvgIpc) is 2.44. The van der Waals surface area contributed by atoms with Crippen molar-refractivity contribution < 1.29 is 80.2 Å². The van der Waals surface area contributed by atoms with Gasteiger partial charge in [-0.1, -0.05) is 330 Å². The van der Waals surface area contributed by atoms with Gasteiger partial charge in [0, 0.05) is 25.7 Å². The SMILES string of the molecule is CCCCCCCCCCCCCCCCCCCCCCCCC(=O)O[C@H](COC(=O)CCCCCCCCCCC(C)CC)COP(=O)(O)OC[C@@H](O)COP(=O)(O)OC[C@@H](COC(=O)CCCCCCCCCCC)OC(=O)CCCCCCCCCCC. The third-order valence-corrected chi connectivity index (χ3v) is 19.3. The van der Waals surface area contributed by atoms with Crippen LogP contribution in [0.25, 0.3) is 0 Å². The van der Waals surface area contributed by atoms with Crippen LogP contribution in [-0.4, -0.2) is 96.7 Å². The van der Waals surface area contributed by atoms with E-state index in [9.17, 15) is 43.2 Å². The summed E-state index contributed by atoms with van der Waals surface area (Å²) in [5.41, 5.74) is 0. The third kappa shape index (κ3) is 65.4. The molecule has 0 fully saturated rings. The Morgan fingerprint density at radius 2 is 0.522 bits per heavy atom. The Labute approximate surface area is 562 Å². The summed E-state index contributed by atoms with van der Waals surface area (Å²) in [6, 6.07) is 0. The Bertz CT molecular complexity index is 1770. The summed E-state index contributed by atoms with van der Waals surface area (Å²) in [6.45, 7) is 7.23. The molecule has 0 aliphatic heterocycles. The van der Waals surface area contributed by atoms with Crippen molar-refractivity contribution >= 4 is 39.5 Å². The molecular formula is C73H142O17P2. The van der Waals surface area contributed by atoms with Crippen molar-refractivity contribution in [3.05, 3.63) is 0 Å². The van der Waals surface area contributed by atoms with Crippen molar-refractivity contribution in [1.29, 1.82) is 0 Å². The van der Waals surface area contributed by atoms with Gasteiger partial charge < -0.3 is 33.8 Å². The van der Waals surface area contributed by atoms with Gasteiger partial charge in [-0.15, -0.1) is 0 Å². The van der Waals surface area contributed by atoms with Crippen molar-refractivity contribution in [3.8, 4) is 0 Å². The zero-order chi connectivity index (χ0) is 67.7. The molecule has 0 saturated heterocycles. The highest BCUT2D eigenvalue weighted by Crippen LogP contribution is 2.45. The van der Waals surface area contributed by atoms with Crippen molar-refractivity contribution in [1.82, 2.24) is 0 Å². The van der Waals surface area contributed by atoms with Gasteiger partial charge in [-0.25, -0.2) is 9.13 Å². The van der Waals surface area contributed by atoms with Gasteiger partial charge in [0.1, 0.15) is 19.3 Å². The van der Waals surface area contributed by atoms with Crippen LogP contribution in [0.2, 0.25) is 0 Å². The second-order valence-electron chi connectivity index (χ2n) is 26.6. The van der Waals surface area contributed by atoms with Crippen LogP contribution in [0.5, 0.6) is 0 Å². The molecule has 19 heteroatoms. The number of aliphatic hydroxyl groups excluding tert-OH is 1. The van der Waals surface area contributed by atoms with Crippen LogP contribution < -0.4 is 0 Å². The van der Waals surface area contributed by atoms with E-state index in [1.165, 1.54) is 205 Å². The van der Waals surface area contributed by atoms with Gasteiger partial charge in [0.25, 0.3) is 0 Å². The fraction of sp³-hybridized carbons (Fsp3) is 0.945. The molecule has 0 aliphatic carbocycles. The molecule has 0 rings (SSSR count). The predicted molar refractivity (Wildman–Crippen MR) is 372 cm³/mol. The fourth-order valence-electron chi connectivity index (χ4n) is 11.1. The molecule has 0 spiro atoms. The van der Waals surface area contributed by atoms with Gasteiger partial charge in [0.2, 0.25) is 0 Å². The highest BCUT2D eigenvalue weighted by Gasteiger charge is 2.30. The van der Waals surface area contributed by atoms with E-state index in [-0.39, 0.29) is 25.7 Å². The van der Waals surface area contributed by atoms with Crippen LogP contribution in [0.15, 0.2) is 0 Å². The topological polar surface area (TPSA) is 237 Å². The maximum atomic E-state index is 13.1. The number of unbranched alkanes of at least 4 members (excludes halogenated alkanes) is 44. The van der Waals surface area contributed by atoms with Gasteiger partial charge in [0.15, 0.2) is 12.2 Å². The average molecular weight is 1350 g/mol. The number of hydrogen-bond acceptors (Lipinski definition) is 15. The Morgan fingerprint density at radius 3 is 0.772 bits per heavy atom. The zero-order valence-corrected chi connectivity index (χ0v) is 61.5. The first-order valence-electron chi connectivity index (χ1n) is 38.2. The lowest BCUT2D eigenvalue weighted by atomic mass is 9.99. The van der Waals surface area contributed by atoms with Gasteiger partial charge in [-0.2, -0.15) is 0 Å². The molecule has 17 nitrogen and oxygen atoms in total. The Hall–Kier alpha value is -1.94. The molecule has 0 amide bonds. The minimum Gasteiger partial charge on any atom is -0.462 e. The first-order valence-corrected chi connectivity index (χ1v) is 41.2. The molecule has 0 bridgehead atoms. The minimum absolute atomic E-state index is 0.106. The standard InChI is InChI=1S/C73H142O17P2/c1-6-10-13-16-19-22-23-24-25-26-27-28-29-30-31-32-33-34-37-44-49-54-59-73(78)90-69(63-84-71(76)57-52-47-42-39-38-40-45-50-55-66(5)9-4)65-88-92(81,82)86-61-67(74)60-85-91(79,80)87-64-68(89-72(77)58-53-48-43-36-21-18-15-12-8-3)62-83-70(75)56-51-46-41-35-20-17-14-11-7-2/h66-69,74H,6-65H2,1-5H3,(H,79,80)(H,81,82)/t66?,67-,68+,69+/m0/s1. The summed E-state index contributed by atoms with van der Waals surface area (Å²) >= 11 is 0. The van der Waals surface area contributed by atoms with Gasteiger partial charge >= 0.3 is 39.5 Å². The monoisotopic (exact) mass is 1350 g/mol. The number of aliphatic hydroxyl groups is 1. The van der Waals surface area contributed by atoms with Crippen molar-refractivity contribution in [3.63, 3.8) is 0 Å². The Morgan fingerprint density at radius 1 is 0.304 bits per heavy atom. The maximum absolute atomic E-state index is 13.1. The summed E-state index contributed by atoms with van der Waals surface area (Å²) in [4.78, 5) is 72.5. The molecule has 0 aromatic heterocycles. The number of esters is 4. The largest absolute Gasteiger partial charge is 0.472 e. The molecule has 3 unspecified atom stereocenters. The summed E-state index contributed by atoms with van der Waals surface area (Å²) in [6.07, 6.45) is 54.3. The number of carbonyl (C=O) groups excluding carboxylic acids is 4. The maximum Gasteiger partial charge on any atom is 0.472 e. The highest BCUT2D eigenvalue weighted by atomic mass is 31.2. The van der Waals surface area contributed by atoms with E-state index in [1.54, 1.807) is 0 Å². The highest BCUT2D eigenvalue weighted by molar-refractivity contribution is 7.47. The summed E-state index contributed by atoms with van der Waals surface area (Å²) in [5, 5.41) is 10.6. The van der Waals surface area contributed by atoms with E-state index in [2.05, 4.69) is 34.6 Å².